The molecule has 2 rings (SSSR count). The predicted molar refractivity (Wildman–Crippen MR) is 58.0 cm³/mol. The van der Waals surface area contributed by atoms with Crippen molar-refractivity contribution in [3.05, 3.63) is 54.0 Å². The van der Waals surface area contributed by atoms with Crippen LogP contribution < -0.4 is 5.32 Å². The fourth-order valence-electron chi connectivity index (χ4n) is 1.33. The van der Waals surface area contributed by atoms with Crippen LogP contribution in [0.1, 0.15) is 16.1 Å². The van der Waals surface area contributed by atoms with Gasteiger partial charge in [-0.05, 0) is 30.3 Å². The molecule has 0 saturated heterocycles. The minimum atomic E-state index is -0.243. The van der Waals surface area contributed by atoms with Gasteiger partial charge in [0.15, 0.2) is 0 Å². The fourth-order valence-corrected chi connectivity index (χ4v) is 1.33. The third-order valence-electron chi connectivity index (χ3n) is 2.11. The molecule has 0 atom stereocenters. The summed E-state index contributed by atoms with van der Waals surface area (Å²) in [7, 11) is 0. The first-order valence-electron chi connectivity index (χ1n) is 4.85. The molecule has 1 amide bonds. The summed E-state index contributed by atoms with van der Waals surface area (Å²) < 4.78 is 5.08. The second-order valence-electron chi connectivity index (χ2n) is 3.31. The number of nitrogens with one attached hydrogen (secondary N) is 1. The zero-order valence-corrected chi connectivity index (χ0v) is 8.51. The number of aromatic hydroxyl groups is 1. The molecule has 0 fully saturated rings. The lowest BCUT2D eigenvalue weighted by atomic mass is 10.2. The van der Waals surface area contributed by atoms with E-state index in [1.165, 1.54) is 12.1 Å². The Kier molecular flexibility index (Phi) is 2.91. The molecule has 0 aliphatic rings. The van der Waals surface area contributed by atoms with Crippen LogP contribution in [0.5, 0.6) is 5.75 Å². The van der Waals surface area contributed by atoms with Gasteiger partial charge >= 0.3 is 0 Å². The number of benzene rings is 1. The molecular weight excluding hydrogens is 206 g/mol. The summed E-state index contributed by atoms with van der Waals surface area (Å²) in [5.74, 6) is 0.520. The van der Waals surface area contributed by atoms with Crippen LogP contribution in [0.2, 0.25) is 0 Å². The van der Waals surface area contributed by atoms with Gasteiger partial charge in [0, 0.05) is 5.56 Å². The Morgan fingerprint density at radius 3 is 2.88 bits per heavy atom. The van der Waals surface area contributed by atoms with Crippen LogP contribution >= 0.6 is 0 Å². The maximum Gasteiger partial charge on any atom is 0.251 e. The molecule has 0 unspecified atom stereocenters. The van der Waals surface area contributed by atoms with Crippen LogP contribution in [0.4, 0.5) is 0 Å². The van der Waals surface area contributed by atoms with E-state index in [0.717, 1.165) is 0 Å². The number of carbonyl (C=O) groups is 1. The summed E-state index contributed by atoms with van der Waals surface area (Å²) in [5.41, 5.74) is 0.423. The van der Waals surface area contributed by atoms with Crippen molar-refractivity contribution in [2.75, 3.05) is 0 Å². The molecule has 0 spiro atoms. The maximum atomic E-state index is 11.6. The molecule has 16 heavy (non-hydrogen) atoms. The van der Waals surface area contributed by atoms with E-state index in [2.05, 4.69) is 5.32 Å². The Hall–Kier alpha value is -2.23. The zero-order chi connectivity index (χ0) is 11.4. The van der Waals surface area contributed by atoms with Crippen LogP contribution in [0.15, 0.2) is 47.1 Å². The van der Waals surface area contributed by atoms with E-state index in [4.69, 9.17) is 4.42 Å². The van der Waals surface area contributed by atoms with Crippen molar-refractivity contribution < 1.29 is 14.3 Å². The Morgan fingerprint density at radius 2 is 2.19 bits per heavy atom. The van der Waals surface area contributed by atoms with Crippen LogP contribution in [-0.2, 0) is 6.54 Å². The van der Waals surface area contributed by atoms with Crippen molar-refractivity contribution in [1.82, 2.24) is 5.32 Å². The Morgan fingerprint density at radius 1 is 1.31 bits per heavy atom. The van der Waals surface area contributed by atoms with Crippen LogP contribution in [0.3, 0.4) is 0 Å². The normalized spacial score (nSPS) is 10.0. The van der Waals surface area contributed by atoms with Gasteiger partial charge in [0.1, 0.15) is 11.5 Å². The average molecular weight is 217 g/mol. The van der Waals surface area contributed by atoms with Crippen LogP contribution in [0, 0.1) is 0 Å². The monoisotopic (exact) mass is 217 g/mol. The number of phenolic OH excluding ortho intramolecular Hbond substituents is 1. The van der Waals surface area contributed by atoms with Gasteiger partial charge in [-0.3, -0.25) is 4.79 Å². The molecule has 2 aromatic rings. The molecule has 0 aliphatic carbocycles. The lowest BCUT2D eigenvalue weighted by Gasteiger charge is -2.03. The number of amides is 1. The molecule has 2 N–H and O–H groups in total. The number of carbonyl (C=O) groups excluding carboxylic acids is 1. The third kappa shape index (κ3) is 2.42. The highest BCUT2D eigenvalue weighted by Gasteiger charge is 2.06. The molecule has 82 valence electrons. The van der Waals surface area contributed by atoms with E-state index < -0.39 is 0 Å². The molecule has 4 heteroatoms. The molecule has 0 radical (unpaired) electrons. The van der Waals surface area contributed by atoms with Gasteiger partial charge in [-0.25, -0.2) is 0 Å². The molecule has 0 saturated carbocycles. The summed E-state index contributed by atoms with van der Waals surface area (Å²) in [6.07, 6.45) is 1.55. The highest BCUT2D eigenvalue weighted by Crippen LogP contribution is 2.10. The van der Waals surface area contributed by atoms with Gasteiger partial charge in [-0.2, -0.15) is 0 Å². The lowest BCUT2D eigenvalue weighted by molar-refractivity contribution is 0.0947. The third-order valence-corrected chi connectivity index (χ3v) is 2.11. The van der Waals surface area contributed by atoms with Gasteiger partial charge < -0.3 is 14.8 Å². The quantitative estimate of drug-likeness (QED) is 0.825. The van der Waals surface area contributed by atoms with Crippen molar-refractivity contribution >= 4 is 5.91 Å². The van der Waals surface area contributed by atoms with E-state index >= 15 is 0 Å². The molecule has 0 bridgehead atoms. The topological polar surface area (TPSA) is 62.5 Å². The van der Waals surface area contributed by atoms with Crippen molar-refractivity contribution in [1.29, 1.82) is 0 Å². The van der Waals surface area contributed by atoms with Gasteiger partial charge in [0.25, 0.3) is 5.91 Å². The minimum absolute atomic E-state index is 0.0747. The number of hydrogen-bond donors (Lipinski definition) is 2. The fraction of sp³-hybridized carbons (Fsp3) is 0.0833. The van der Waals surface area contributed by atoms with Crippen molar-refractivity contribution in [2.45, 2.75) is 6.54 Å². The summed E-state index contributed by atoms with van der Waals surface area (Å²) in [4.78, 5) is 11.6. The Balaban J connectivity index is 1.98. The zero-order valence-electron chi connectivity index (χ0n) is 8.51. The van der Waals surface area contributed by atoms with E-state index in [9.17, 15) is 9.90 Å². The first-order valence-corrected chi connectivity index (χ1v) is 4.85. The lowest BCUT2D eigenvalue weighted by Crippen LogP contribution is -2.22. The Bertz CT molecular complexity index is 477. The van der Waals surface area contributed by atoms with E-state index in [0.29, 0.717) is 17.9 Å². The standard InChI is InChI=1S/C12H11NO3/c14-10-4-1-3-9(7-10)12(15)13-8-11-5-2-6-16-11/h1-7,14H,8H2,(H,13,15). The highest BCUT2D eigenvalue weighted by molar-refractivity contribution is 5.94. The predicted octanol–water partition coefficient (Wildman–Crippen LogP) is 1.92. The summed E-state index contributed by atoms with van der Waals surface area (Å²) in [6, 6.07) is 9.73. The van der Waals surface area contributed by atoms with Gasteiger partial charge in [0.2, 0.25) is 0 Å². The number of phenols is 1. The highest BCUT2D eigenvalue weighted by atomic mass is 16.3. The Labute approximate surface area is 92.5 Å². The minimum Gasteiger partial charge on any atom is -0.508 e. The molecule has 4 nitrogen and oxygen atoms in total. The largest absolute Gasteiger partial charge is 0.508 e. The summed E-state index contributed by atoms with van der Waals surface area (Å²) in [6.45, 7) is 0.335. The van der Waals surface area contributed by atoms with E-state index in [-0.39, 0.29) is 11.7 Å². The average Bonchev–Trinajstić information content (AvgIpc) is 2.78. The first kappa shape index (κ1) is 10.3. The first-order chi connectivity index (χ1) is 7.75. The van der Waals surface area contributed by atoms with Gasteiger partial charge in [0.05, 0.1) is 12.8 Å². The SMILES string of the molecule is O=C(NCc1ccco1)c1cccc(O)c1. The summed E-state index contributed by atoms with van der Waals surface area (Å²) in [5, 5.41) is 11.9. The van der Waals surface area contributed by atoms with Crippen molar-refractivity contribution in [3.8, 4) is 5.75 Å². The smallest absolute Gasteiger partial charge is 0.251 e. The van der Waals surface area contributed by atoms with Crippen molar-refractivity contribution in [3.63, 3.8) is 0 Å². The van der Waals surface area contributed by atoms with Crippen LogP contribution in [-0.4, -0.2) is 11.0 Å². The second-order valence-corrected chi connectivity index (χ2v) is 3.31. The molecule has 1 heterocycles. The summed E-state index contributed by atoms with van der Waals surface area (Å²) >= 11 is 0. The number of rotatable bonds is 3. The van der Waals surface area contributed by atoms with Crippen LogP contribution in [0.25, 0.3) is 0 Å². The van der Waals surface area contributed by atoms with Gasteiger partial charge in [-0.1, -0.05) is 6.07 Å². The number of furan rings is 1. The van der Waals surface area contributed by atoms with Crippen molar-refractivity contribution in [2.24, 2.45) is 0 Å². The molecule has 0 aliphatic heterocycles. The van der Waals surface area contributed by atoms with Gasteiger partial charge in [-0.15, -0.1) is 0 Å². The maximum absolute atomic E-state index is 11.6. The van der Waals surface area contributed by atoms with E-state index in [1.54, 1.807) is 30.5 Å². The second kappa shape index (κ2) is 4.53. The number of hydrogen-bond acceptors (Lipinski definition) is 3. The van der Waals surface area contributed by atoms with E-state index in [1.807, 2.05) is 0 Å². The molecular formula is C12H11NO3. The molecule has 1 aromatic carbocycles. The molecule has 1 aromatic heterocycles.